The molecule has 1 aromatic heterocycles. The number of primary amides is 1. The van der Waals surface area contributed by atoms with Gasteiger partial charge in [0.2, 0.25) is 0 Å². The Kier molecular flexibility index (Phi) is 4.90. The van der Waals surface area contributed by atoms with E-state index in [4.69, 9.17) is 5.73 Å². The van der Waals surface area contributed by atoms with Crippen molar-refractivity contribution in [2.45, 2.75) is 19.4 Å². The van der Waals surface area contributed by atoms with Crippen LogP contribution in [0.1, 0.15) is 21.9 Å². The lowest BCUT2D eigenvalue weighted by atomic mass is 10.1. The zero-order valence-corrected chi connectivity index (χ0v) is 14.1. The van der Waals surface area contributed by atoms with Gasteiger partial charge in [-0.25, -0.2) is 9.37 Å². The molecule has 7 nitrogen and oxygen atoms in total. The van der Waals surface area contributed by atoms with Crippen LogP contribution in [0.15, 0.2) is 18.2 Å². The molecule has 140 valence electrons. The van der Waals surface area contributed by atoms with Crippen LogP contribution < -0.4 is 9.92 Å². The van der Waals surface area contributed by atoms with Crippen molar-refractivity contribution in [3.63, 3.8) is 0 Å². The van der Waals surface area contributed by atoms with Gasteiger partial charge < -0.3 is 9.92 Å². The summed E-state index contributed by atoms with van der Waals surface area (Å²) in [5.41, 5.74) is -0.0707. The number of aromatic nitrogens is 2. The molecule has 0 radical (unpaired) electrons. The normalized spacial score (nSPS) is 12.1. The summed E-state index contributed by atoms with van der Waals surface area (Å²) in [4.78, 5) is 19.4. The monoisotopic (exact) mass is 393 g/mol. The maximum atomic E-state index is 14.0. The highest BCUT2D eigenvalue weighted by Crippen LogP contribution is 2.31. The molecule has 0 bridgehead atoms. The van der Waals surface area contributed by atoms with Crippen molar-refractivity contribution in [3.8, 4) is 17.0 Å². The van der Waals surface area contributed by atoms with Gasteiger partial charge in [-0.15, -0.1) is 0 Å². The number of alkyl halides is 3. The van der Waals surface area contributed by atoms with Crippen molar-refractivity contribution in [2.75, 3.05) is 0 Å². The van der Waals surface area contributed by atoms with Gasteiger partial charge in [-0.1, -0.05) is 0 Å². The van der Waals surface area contributed by atoms with Gasteiger partial charge in [-0.05, 0) is 32.0 Å². The van der Waals surface area contributed by atoms with Crippen LogP contribution in [0.2, 0.25) is 0 Å². The molecule has 1 heterocycles. The van der Waals surface area contributed by atoms with Crippen LogP contribution in [0.5, 0.6) is 5.75 Å². The molecular formula is C14H11F4N3O4S. The van der Waals surface area contributed by atoms with Crippen LogP contribution in [0, 0.1) is 19.7 Å². The first-order chi connectivity index (χ1) is 11.8. The largest absolute Gasteiger partial charge is 0.534 e. The van der Waals surface area contributed by atoms with Gasteiger partial charge in [0.15, 0.2) is 11.6 Å². The van der Waals surface area contributed by atoms with Gasteiger partial charge in [0, 0.05) is 5.56 Å². The van der Waals surface area contributed by atoms with Gasteiger partial charge in [0.25, 0.3) is 5.91 Å². The molecule has 2 aromatic rings. The summed E-state index contributed by atoms with van der Waals surface area (Å²) in [7, 11) is -6.01. The maximum absolute atomic E-state index is 14.0. The number of nitrogens with two attached hydrogens (primary N) is 1. The summed E-state index contributed by atoms with van der Waals surface area (Å²) >= 11 is 0. The first-order valence-corrected chi connectivity index (χ1v) is 8.20. The Morgan fingerprint density at radius 2 is 1.77 bits per heavy atom. The number of carbonyl (C=O) groups excluding carboxylic acids is 1. The summed E-state index contributed by atoms with van der Waals surface area (Å²) in [5.74, 6) is -3.38. The third kappa shape index (κ3) is 3.74. The topological polar surface area (TPSA) is 112 Å². The number of amides is 1. The van der Waals surface area contributed by atoms with Gasteiger partial charge >= 0.3 is 15.6 Å². The van der Waals surface area contributed by atoms with Crippen LogP contribution in [0.4, 0.5) is 17.6 Å². The third-order valence-corrected chi connectivity index (χ3v) is 4.13. The molecule has 0 aliphatic rings. The molecule has 2 rings (SSSR count). The fraction of sp³-hybridized carbons (Fsp3) is 0.214. The van der Waals surface area contributed by atoms with Crippen molar-refractivity contribution < 1.29 is 35.0 Å². The summed E-state index contributed by atoms with van der Waals surface area (Å²) in [5, 5.41) is 0. The van der Waals surface area contributed by atoms with Gasteiger partial charge in [-0.2, -0.15) is 21.6 Å². The van der Waals surface area contributed by atoms with Crippen LogP contribution in [-0.2, 0) is 10.1 Å². The van der Waals surface area contributed by atoms with E-state index in [1.165, 1.54) is 13.8 Å². The first-order valence-electron chi connectivity index (χ1n) is 6.79. The van der Waals surface area contributed by atoms with E-state index in [1.54, 1.807) is 0 Å². The standard InChI is InChI=1S/C14H11F4N3O4S/c1-6-11(21-12(13(19)22)7(2)20-6)8-3-4-10(9(15)5-8)25-26(23,24)14(16,17)18/h3-5H,1-2H3,(H2,19,22). The van der Waals surface area contributed by atoms with Crippen LogP contribution in [0.25, 0.3) is 11.3 Å². The van der Waals surface area contributed by atoms with Gasteiger partial charge in [0.05, 0.1) is 17.1 Å². The molecule has 0 atom stereocenters. The highest BCUT2D eigenvalue weighted by molar-refractivity contribution is 7.88. The summed E-state index contributed by atoms with van der Waals surface area (Å²) in [6.45, 7) is 3.00. The molecule has 0 unspecified atom stereocenters. The van der Waals surface area contributed by atoms with Gasteiger partial charge in [-0.3, -0.25) is 9.78 Å². The summed E-state index contributed by atoms with van der Waals surface area (Å²) in [6, 6.07) is 2.47. The summed E-state index contributed by atoms with van der Waals surface area (Å²) < 4.78 is 76.6. The predicted octanol–water partition coefficient (Wildman–Crippen LogP) is 2.23. The zero-order chi connectivity index (χ0) is 19.9. The fourth-order valence-corrected chi connectivity index (χ4v) is 2.49. The number of nitrogens with zero attached hydrogens (tertiary/aromatic N) is 2. The Morgan fingerprint density at radius 1 is 1.15 bits per heavy atom. The van der Waals surface area contributed by atoms with E-state index in [9.17, 15) is 30.8 Å². The van der Waals surface area contributed by atoms with Crippen molar-refractivity contribution in [1.29, 1.82) is 0 Å². The molecule has 12 heteroatoms. The average molecular weight is 393 g/mol. The lowest BCUT2D eigenvalue weighted by Crippen LogP contribution is -2.28. The van der Waals surface area contributed by atoms with E-state index < -0.39 is 33.1 Å². The van der Waals surface area contributed by atoms with Crippen LogP contribution in [0.3, 0.4) is 0 Å². The number of hydrogen-bond donors (Lipinski definition) is 1. The quantitative estimate of drug-likeness (QED) is 0.484. The highest BCUT2D eigenvalue weighted by atomic mass is 32.2. The van der Waals surface area contributed by atoms with E-state index in [0.29, 0.717) is 17.8 Å². The van der Waals surface area contributed by atoms with Crippen molar-refractivity contribution in [3.05, 3.63) is 41.1 Å². The van der Waals surface area contributed by atoms with Crippen LogP contribution >= 0.6 is 0 Å². The molecule has 0 aliphatic carbocycles. The van der Waals surface area contributed by atoms with Crippen LogP contribution in [-0.4, -0.2) is 29.8 Å². The Labute approximate surface area is 144 Å². The van der Waals surface area contributed by atoms with E-state index >= 15 is 0 Å². The Hall–Kier alpha value is -2.76. The van der Waals surface area contributed by atoms with E-state index in [-0.39, 0.29) is 22.6 Å². The second-order valence-corrected chi connectivity index (χ2v) is 6.62. The number of aryl methyl sites for hydroxylation is 2. The smallest absolute Gasteiger partial charge is 0.373 e. The lowest BCUT2D eigenvalue weighted by molar-refractivity contribution is -0.0500. The predicted molar refractivity (Wildman–Crippen MR) is 81.0 cm³/mol. The number of carbonyl (C=O) groups is 1. The SMILES string of the molecule is Cc1nc(C)c(-c2ccc(OS(=O)(=O)C(F)(F)F)c(F)c2)nc1C(N)=O. The Balaban J connectivity index is 2.48. The summed E-state index contributed by atoms with van der Waals surface area (Å²) in [6.07, 6.45) is 0. The number of hydrogen-bond acceptors (Lipinski definition) is 6. The second kappa shape index (κ2) is 6.52. The molecule has 0 saturated carbocycles. The molecular weight excluding hydrogens is 382 g/mol. The third-order valence-electron chi connectivity index (χ3n) is 3.17. The minimum Gasteiger partial charge on any atom is -0.373 e. The average Bonchev–Trinajstić information content (AvgIpc) is 2.47. The minimum atomic E-state index is -6.01. The van der Waals surface area contributed by atoms with E-state index in [1.807, 2.05) is 0 Å². The highest BCUT2D eigenvalue weighted by Gasteiger charge is 2.48. The molecule has 26 heavy (non-hydrogen) atoms. The molecule has 0 aliphatic heterocycles. The molecule has 0 spiro atoms. The number of rotatable bonds is 4. The van der Waals surface area contributed by atoms with Crippen molar-refractivity contribution >= 4 is 16.0 Å². The first kappa shape index (κ1) is 19.6. The molecule has 1 amide bonds. The van der Waals surface area contributed by atoms with Gasteiger partial charge in [0.1, 0.15) is 5.69 Å². The molecule has 0 saturated heterocycles. The molecule has 0 fully saturated rings. The van der Waals surface area contributed by atoms with Crippen molar-refractivity contribution in [1.82, 2.24) is 9.97 Å². The Morgan fingerprint density at radius 3 is 2.27 bits per heavy atom. The number of benzene rings is 1. The Bertz CT molecular complexity index is 990. The molecule has 1 aromatic carbocycles. The lowest BCUT2D eigenvalue weighted by Gasteiger charge is -2.12. The second-order valence-electron chi connectivity index (χ2n) is 5.08. The zero-order valence-electron chi connectivity index (χ0n) is 13.3. The van der Waals surface area contributed by atoms with Crippen molar-refractivity contribution in [2.24, 2.45) is 5.73 Å². The van der Waals surface area contributed by atoms with E-state index in [2.05, 4.69) is 14.2 Å². The maximum Gasteiger partial charge on any atom is 0.534 e. The minimum absolute atomic E-state index is 0.0340. The molecule has 2 N–H and O–H groups in total. The fourth-order valence-electron chi connectivity index (χ4n) is 2.02. The number of halogens is 4. The van der Waals surface area contributed by atoms with E-state index in [0.717, 1.165) is 6.07 Å².